The number of pyridine rings is 1. The van der Waals surface area contributed by atoms with Crippen molar-refractivity contribution in [2.75, 3.05) is 12.3 Å². The van der Waals surface area contributed by atoms with Gasteiger partial charge in [0.25, 0.3) is 0 Å². The number of aromatic nitrogens is 1. The summed E-state index contributed by atoms with van der Waals surface area (Å²) in [5.74, 6) is 1.19. The number of hydrogen-bond acceptors (Lipinski definition) is 3. The predicted octanol–water partition coefficient (Wildman–Crippen LogP) is 1.98. The molecule has 1 rings (SSSR count). The van der Waals surface area contributed by atoms with E-state index in [0.29, 0.717) is 18.2 Å². The van der Waals surface area contributed by atoms with E-state index in [1.54, 1.807) is 6.20 Å². The molecule has 0 unspecified atom stereocenters. The van der Waals surface area contributed by atoms with Crippen LogP contribution in [0.5, 0.6) is 0 Å². The smallest absolute Gasteiger partial charge is 0.126 e. The summed E-state index contributed by atoms with van der Waals surface area (Å²) in [4.78, 5) is 4.02. The summed E-state index contributed by atoms with van der Waals surface area (Å²) in [5.41, 5.74) is 7.41. The molecule has 3 nitrogen and oxygen atoms in total. The minimum absolute atomic E-state index is 0.549. The van der Waals surface area contributed by atoms with Gasteiger partial charge in [0.05, 0.1) is 6.61 Å². The van der Waals surface area contributed by atoms with Gasteiger partial charge < -0.3 is 10.5 Å². The molecule has 1 aromatic heterocycles. The normalized spacial score (nSPS) is 9.69. The number of nitrogens with two attached hydrogens (primary N) is 1. The van der Waals surface area contributed by atoms with E-state index in [4.69, 9.17) is 10.5 Å². The second-order valence-corrected chi connectivity index (χ2v) is 2.78. The molecule has 2 N–H and O–H groups in total. The van der Waals surface area contributed by atoms with Crippen molar-refractivity contribution in [3.8, 4) is 0 Å². The van der Waals surface area contributed by atoms with Crippen LogP contribution in [-0.4, -0.2) is 11.6 Å². The maximum atomic E-state index is 5.58. The fourth-order valence-electron chi connectivity index (χ4n) is 0.995. The van der Waals surface area contributed by atoms with Crippen LogP contribution in [0.4, 0.5) is 5.82 Å². The van der Waals surface area contributed by atoms with Gasteiger partial charge in [-0.15, -0.1) is 0 Å². The molecule has 1 aromatic rings. The van der Waals surface area contributed by atoms with Gasteiger partial charge in [0, 0.05) is 11.8 Å². The standard InChI is InChI=1S/C10H14N2O/c1-4-13-8(3)9-5-7(2)10(11)12-6-9/h5-6H,3-4H2,1-2H3,(H2,11,12). The Labute approximate surface area is 78.2 Å². The summed E-state index contributed by atoms with van der Waals surface area (Å²) in [6, 6.07) is 1.92. The van der Waals surface area contributed by atoms with E-state index in [9.17, 15) is 0 Å². The lowest BCUT2D eigenvalue weighted by Crippen LogP contribution is -1.97. The zero-order chi connectivity index (χ0) is 9.84. The predicted molar refractivity (Wildman–Crippen MR) is 54.0 cm³/mol. The molecule has 13 heavy (non-hydrogen) atoms. The molecular weight excluding hydrogens is 164 g/mol. The van der Waals surface area contributed by atoms with Gasteiger partial charge >= 0.3 is 0 Å². The molecule has 0 amide bonds. The number of hydrogen-bond donors (Lipinski definition) is 1. The highest BCUT2D eigenvalue weighted by Crippen LogP contribution is 2.16. The van der Waals surface area contributed by atoms with E-state index in [1.807, 2.05) is 19.9 Å². The molecule has 0 saturated heterocycles. The highest BCUT2D eigenvalue weighted by atomic mass is 16.5. The van der Waals surface area contributed by atoms with Crippen molar-refractivity contribution >= 4 is 11.6 Å². The Balaban J connectivity index is 2.90. The lowest BCUT2D eigenvalue weighted by Gasteiger charge is -2.07. The van der Waals surface area contributed by atoms with E-state index >= 15 is 0 Å². The van der Waals surface area contributed by atoms with Gasteiger partial charge in [-0.2, -0.15) is 0 Å². The summed E-state index contributed by atoms with van der Waals surface area (Å²) < 4.78 is 5.25. The van der Waals surface area contributed by atoms with E-state index < -0.39 is 0 Å². The van der Waals surface area contributed by atoms with Crippen molar-refractivity contribution in [3.05, 3.63) is 30.0 Å². The summed E-state index contributed by atoms with van der Waals surface area (Å²) in [7, 11) is 0. The van der Waals surface area contributed by atoms with Crippen molar-refractivity contribution in [3.63, 3.8) is 0 Å². The molecule has 70 valence electrons. The molecule has 0 radical (unpaired) electrons. The van der Waals surface area contributed by atoms with E-state index in [-0.39, 0.29) is 0 Å². The maximum Gasteiger partial charge on any atom is 0.126 e. The van der Waals surface area contributed by atoms with Gasteiger partial charge in [-0.1, -0.05) is 6.58 Å². The summed E-state index contributed by atoms with van der Waals surface area (Å²) in [6.07, 6.45) is 1.67. The van der Waals surface area contributed by atoms with Crippen molar-refractivity contribution in [2.24, 2.45) is 0 Å². The second-order valence-electron chi connectivity index (χ2n) is 2.78. The van der Waals surface area contributed by atoms with Crippen molar-refractivity contribution in [1.82, 2.24) is 4.98 Å². The number of ether oxygens (including phenoxy) is 1. The van der Waals surface area contributed by atoms with E-state index in [0.717, 1.165) is 11.1 Å². The molecule has 0 saturated carbocycles. The van der Waals surface area contributed by atoms with Crippen LogP contribution in [0.1, 0.15) is 18.1 Å². The monoisotopic (exact) mass is 178 g/mol. The summed E-state index contributed by atoms with van der Waals surface area (Å²) in [6.45, 7) is 8.22. The first-order chi connectivity index (χ1) is 6.15. The second kappa shape index (κ2) is 3.94. The fraction of sp³-hybridized carbons (Fsp3) is 0.300. The SMILES string of the molecule is C=C(OCC)c1cnc(N)c(C)c1. The molecule has 0 aliphatic rings. The van der Waals surface area contributed by atoms with Crippen molar-refractivity contribution in [1.29, 1.82) is 0 Å². The quantitative estimate of drug-likeness (QED) is 0.720. The third kappa shape index (κ3) is 2.21. The van der Waals surface area contributed by atoms with Crippen LogP contribution in [0.25, 0.3) is 5.76 Å². The fourth-order valence-corrected chi connectivity index (χ4v) is 0.995. The summed E-state index contributed by atoms with van der Waals surface area (Å²) >= 11 is 0. The Morgan fingerprint density at radius 1 is 1.69 bits per heavy atom. The van der Waals surface area contributed by atoms with Crippen LogP contribution in [0, 0.1) is 6.92 Å². The van der Waals surface area contributed by atoms with Crippen molar-refractivity contribution < 1.29 is 4.74 Å². The number of aryl methyl sites for hydroxylation is 1. The molecule has 0 spiro atoms. The topological polar surface area (TPSA) is 48.1 Å². The largest absolute Gasteiger partial charge is 0.494 e. The first kappa shape index (κ1) is 9.58. The van der Waals surface area contributed by atoms with Crippen LogP contribution < -0.4 is 5.73 Å². The average molecular weight is 178 g/mol. The van der Waals surface area contributed by atoms with Gasteiger partial charge in [-0.05, 0) is 25.5 Å². The van der Waals surface area contributed by atoms with Crippen LogP contribution in [0.2, 0.25) is 0 Å². The van der Waals surface area contributed by atoms with Crippen LogP contribution >= 0.6 is 0 Å². The minimum atomic E-state index is 0.549. The Bertz CT molecular complexity index is 321. The number of anilines is 1. The van der Waals surface area contributed by atoms with Gasteiger partial charge in [-0.25, -0.2) is 4.98 Å². The van der Waals surface area contributed by atoms with Gasteiger partial charge in [0.2, 0.25) is 0 Å². The zero-order valence-electron chi connectivity index (χ0n) is 8.00. The lowest BCUT2D eigenvalue weighted by molar-refractivity contribution is 0.299. The lowest BCUT2D eigenvalue weighted by atomic mass is 10.2. The minimum Gasteiger partial charge on any atom is -0.494 e. The Morgan fingerprint density at radius 2 is 2.38 bits per heavy atom. The number of nitrogens with zero attached hydrogens (tertiary/aromatic N) is 1. The van der Waals surface area contributed by atoms with Crippen LogP contribution in [-0.2, 0) is 4.74 Å². The Hall–Kier alpha value is -1.51. The Morgan fingerprint density at radius 3 is 2.92 bits per heavy atom. The molecule has 0 bridgehead atoms. The van der Waals surface area contributed by atoms with Crippen LogP contribution in [0.15, 0.2) is 18.8 Å². The van der Waals surface area contributed by atoms with Gasteiger partial charge in [0.15, 0.2) is 0 Å². The van der Waals surface area contributed by atoms with Gasteiger partial charge in [-0.3, -0.25) is 0 Å². The summed E-state index contributed by atoms with van der Waals surface area (Å²) in [5, 5.41) is 0. The first-order valence-corrected chi connectivity index (χ1v) is 4.19. The molecule has 0 atom stereocenters. The molecule has 1 heterocycles. The van der Waals surface area contributed by atoms with Crippen molar-refractivity contribution in [2.45, 2.75) is 13.8 Å². The Kier molecular flexibility index (Phi) is 2.90. The molecule has 0 fully saturated rings. The number of nitrogen functional groups attached to an aromatic ring is 1. The molecule has 3 heteroatoms. The van der Waals surface area contributed by atoms with Gasteiger partial charge in [0.1, 0.15) is 11.6 Å². The third-order valence-electron chi connectivity index (χ3n) is 1.76. The zero-order valence-corrected chi connectivity index (χ0v) is 8.00. The highest BCUT2D eigenvalue weighted by Gasteiger charge is 2.01. The average Bonchev–Trinajstić information content (AvgIpc) is 2.10. The maximum absolute atomic E-state index is 5.58. The molecule has 0 aliphatic heterocycles. The molecule has 0 aliphatic carbocycles. The number of rotatable bonds is 3. The first-order valence-electron chi connectivity index (χ1n) is 4.19. The van der Waals surface area contributed by atoms with Crippen LogP contribution in [0.3, 0.4) is 0 Å². The highest BCUT2D eigenvalue weighted by molar-refractivity contribution is 5.59. The van der Waals surface area contributed by atoms with E-state index in [1.165, 1.54) is 0 Å². The molecule has 0 aromatic carbocycles. The van der Waals surface area contributed by atoms with E-state index in [2.05, 4.69) is 11.6 Å². The third-order valence-corrected chi connectivity index (χ3v) is 1.76. The molecular formula is C10H14N2O.